The average Bonchev–Trinajstić information content (AvgIpc) is 2.45. The molecule has 0 bridgehead atoms. The fraction of sp³-hybridized carbons (Fsp3) is 0.533. The third-order valence-electron chi connectivity index (χ3n) is 4.25. The van der Waals surface area contributed by atoms with Crippen LogP contribution in [0.4, 0.5) is 4.79 Å². The molecule has 108 valence electrons. The summed E-state index contributed by atoms with van der Waals surface area (Å²) in [5.74, 6) is 0. The molecule has 0 aromatic heterocycles. The van der Waals surface area contributed by atoms with Crippen LogP contribution in [0.1, 0.15) is 24.8 Å². The van der Waals surface area contributed by atoms with E-state index in [1.54, 1.807) is 0 Å². The van der Waals surface area contributed by atoms with Crippen LogP contribution < -0.4 is 5.32 Å². The van der Waals surface area contributed by atoms with Crippen molar-refractivity contribution >= 4 is 22.0 Å². The summed E-state index contributed by atoms with van der Waals surface area (Å²) < 4.78 is 6.36. The first-order chi connectivity index (χ1) is 9.70. The van der Waals surface area contributed by atoms with Gasteiger partial charge in [0.05, 0.1) is 18.8 Å². The number of amides is 2. The highest BCUT2D eigenvalue weighted by Crippen LogP contribution is 2.41. The van der Waals surface area contributed by atoms with Crippen LogP contribution in [0.5, 0.6) is 0 Å². The smallest absolute Gasteiger partial charge is 0.318 e. The number of halogens is 1. The number of hydrogen-bond donors (Lipinski definition) is 1. The maximum Gasteiger partial charge on any atom is 0.318 e. The first-order valence-electron chi connectivity index (χ1n) is 7.10. The highest BCUT2D eigenvalue weighted by Gasteiger charge is 2.40. The van der Waals surface area contributed by atoms with Gasteiger partial charge in [0.25, 0.3) is 0 Å². The van der Waals surface area contributed by atoms with E-state index in [1.807, 2.05) is 17.0 Å². The van der Waals surface area contributed by atoms with Gasteiger partial charge in [-0.15, -0.1) is 0 Å². The Hall–Kier alpha value is -1.07. The summed E-state index contributed by atoms with van der Waals surface area (Å²) in [6.07, 6.45) is 3.20. The Morgan fingerprint density at radius 3 is 2.40 bits per heavy atom. The van der Waals surface area contributed by atoms with Gasteiger partial charge in [-0.25, -0.2) is 4.79 Å². The predicted octanol–water partition coefficient (Wildman–Crippen LogP) is 2.87. The lowest BCUT2D eigenvalue weighted by Crippen LogP contribution is -2.56. The minimum atomic E-state index is -0.171. The molecule has 2 amide bonds. The lowest BCUT2D eigenvalue weighted by atomic mass is 9.72. The Bertz CT molecular complexity index is 479. The lowest BCUT2D eigenvalue weighted by Gasteiger charge is -2.44. The summed E-state index contributed by atoms with van der Waals surface area (Å²) >= 11 is 3.46. The van der Waals surface area contributed by atoms with Crippen molar-refractivity contribution in [2.45, 2.75) is 24.8 Å². The second-order valence-electron chi connectivity index (χ2n) is 5.47. The Balaban J connectivity index is 1.72. The Labute approximate surface area is 127 Å². The number of nitrogens with one attached hydrogen (secondary N) is 1. The van der Waals surface area contributed by atoms with E-state index in [4.69, 9.17) is 4.74 Å². The number of carbonyl (C=O) groups is 1. The zero-order chi connectivity index (χ0) is 14.0. The molecule has 0 radical (unpaired) electrons. The third-order valence-corrected chi connectivity index (χ3v) is 4.78. The zero-order valence-electron chi connectivity index (χ0n) is 11.4. The monoisotopic (exact) mass is 338 g/mol. The van der Waals surface area contributed by atoms with Gasteiger partial charge in [-0.05, 0) is 37.0 Å². The van der Waals surface area contributed by atoms with E-state index >= 15 is 0 Å². The third kappa shape index (κ3) is 2.69. The molecule has 4 nitrogen and oxygen atoms in total. The van der Waals surface area contributed by atoms with Gasteiger partial charge < -0.3 is 15.0 Å². The molecule has 1 aliphatic carbocycles. The number of urea groups is 1. The number of hydrogen-bond acceptors (Lipinski definition) is 2. The topological polar surface area (TPSA) is 41.6 Å². The van der Waals surface area contributed by atoms with Crippen LogP contribution >= 0.6 is 15.9 Å². The molecular formula is C15H19BrN2O2. The fourth-order valence-corrected chi connectivity index (χ4v) is 3.10. The molecule has 1 saturated carbocycles. The molecule has 1 saturated heterocycles. The van der Waals surface area contributed by atoms with Crippen LogP contribution in [0, 0.1) is 0 Å². The van der Waals surface area contributed by atoms with Gasteiger partial charge in [0.1, 0.15) is 0 Å². The second kappa shape index (κ2) is 5.74. The summed E-state index contributed by atoms with van der Waals surface area (Å²) in [5, 5.41) is 3.25. The van der Waals surface area contributed by atoms with Crippen molar-refractivity contribution in [3.8, 4) is 0 Å². The number of rotatable bonds is 2. The Morgan fingerprint density at radius 2 is 1.85 bits per heavy atom. The highest BCUT2D eigenvalue weighted by atomic mass is 79.9. The maximum atomic E-state index is 12.4. The van der Waals surface area contributed by atoms with Crippen LogP contribution in [-0.2, 0) is 10.3 Å². The molecule has 0 unspecified atom stereocenters. The summed E-state index contributed by atoms with van der Waals surface area (Å²) in [7, 11) is 0. The maximum absolute atomic E-state index is 12.4. The number of nitrogens with zero attached hydrogens (tertiary/aromatic N) is 1. The predicted molar refractivity (Wildman–Crippen MR) is 80.6 cm³/mol. The van der Waals surface area contributed by atoms with Crippen molar-refractivity contribution in [1.82, 2.24) is 10.2 Å². The SMILES string of the molecule is O=C(NC1(c2ccc(Br)cc2)CCC1)N1CCOCC1. The molecule has 2 aliphatic rings. The summed E-state index contributed by atoms with van der Waals surface area (Å²) in [5.41, 5.74) is 1.03. The van der Waals surface area contributed by atoms with Gasteiger partial charge in [0.2, 0.25) is 0 Å². The largest absolute Gasteiger partial charge is 0.378 e. The molecule has 1 aliphatic heterocycles. The van der Waals surface area contributed by atoms with Gasteiger partial charge in [-0.1, -0.05) is 28.1 Å². The van der Waals surface area contributed by atoms with Crippen LogP contribution in [0.3, 0.4) is 0 Å². The minimum absolute atomic E-state index is 0.0379. The molecule has 20 heavy (non-hydrogen) atoms. The Kier molecular flexibility index (Phi) is 3.98. The van der Waals surface area contributed by atoms with Gasteiger partial charge in [0.15, 0.2) is 0 Å². The molecule has 1 heterocycles. The van der Waals surface area contributed by atoms with Crippen LogP contribution in [-0.4, -0.2) is 37.2 Å². The van der Waals surface area contributed by atoms with Gasteiger partial charge >= 0.3 is 6.03 Å². The summed E-state index contributed by atoms with van der Waals surface area (Å²) in [6, 6.07) is 8.31. The lowest BCUT2D eigenvalue weighted by molar-refractivity contribution is 0.0479. The zero-order valence-corrected chi connectivity index (χ0v) is 13.0. The molecular weight excluding hydrogens is 320 g/mol. The van der Waals surface area contributed by atoms with Crippen molar-refractivity contribution < 1.29 is 9.53 Å². The normalized spacial score (nSPS) is 21.1. The fourth-order valence-electron chi connectivity index (χ4n) is 2.84. The van der Waals surface area contributed by atoms with E-state index in [1.165, 1.54) is 12.0 Å². The number of morpholine rings is 1. The van der Waals surface area contributed by atoms with Crippen LogP contribution in [0.25, 0.3) is 0 Å². The average molecular weight is 339 g/mol. The second-order valence-corrected chi connectivity index (χ2v) is 6.39. The van der Waals surface area contributed by atoms with Gasteiger partial charge in [-0.2, -0.15) is 0 Å². The minimum Gasteiger partial charge on any atom is -0.378 e. The number of benzene rings is 1. The molecule has 1 aromatic carbocycles. The number of ether oxygens (including phenoxy) is 1. The van der Waals surface area contributed by atoms with Crippen LogP contribution in [0.2, 0.25) is 0 Å². The first kappa shape index (κ1) is 13.9. The number of carbonyl (C=O) groups excluding carboxylic acids is 1. The first-order valence-corrected chi connectivity index (χ1v) is 7.90. The summed E-state index contributed by atoms with van der Waals surface area (Å²) in [4.78, 5) is 14.2. The molecule has 1 N–H and O–H groups in total. The van der Waals surface area contributed by atoms with E-state index in [-0.39, 0.29) is 11.6 Å². The van der Waals surface area contributed by atoms with Crippen LogP contribution in [0.15, 0.2) is 28.7 Å². The molecule has 3 rings (SSSR count). The van der Waals surface area contributed by atoms with Crippen molar-refractivity contribution in [3.05, 3.63) is 34.3 Å². The summed E-state index contributed by atoms with van der Waals surface area (Å²) in [6.45, 7) is 2.64. The van der Waals surface area contributed by atoms with E-state index in [9.17, 15) is 4.79 Å². The molecule has 5 heteroatoms. The Morgan fingerprint density at radius 1 is 1.20 bits per heavy atom. The van der Waals surface area contributed by atoms with E-state index in [2.05, 4.69) is 33.4 Å². The highest BCUT2D eigenvalue weighted by molar-refractivity contribution is 9.10. The van der Waals surface area contributed by atoms with E-state index < -0.39 is 0 Å². The van der Waals surface area contributed by atoms with Crippen molar-refractivity contribution in [2.75, 3.05) is 26.3 Å². The molecule has 0 spiro atoms. The van der Waals surface area contributed by atoms with E-state index in [0.29, 0.717) is 26.3 Å². The van der Waals surface area contributed by atoms with Crippen molar-refractivity contribution in [2.24, 2.45) is 0 Å². The molecule has 1 aromatic rings. The van der Waals surface area contributed by atoms with Crippen molar-refractivity contribution in [1.29, 1.82) is 0 Å². The standard InChI is InChI=1S/C15H19BrN2O2/c16-13-4-2-12(3-5-13)15(6-1-7-15)17-14(19)18-8-10-20-11-9-18/h2-5H,1,6-11H2,(H,17,19). The molecule has 0 atom stereocenters. The van der Waals surface area contributed by atoms with Gasteiger partial charge in [0, 0.05) is 17.6 Å². The van der Waals surface area contributed by atoms with E-state index in [0.717, 1.165) is 17.3 Å². The molecule has 2 fully saturated rings. The van der Waals surface area contributed by atoms with Gasteiger partial charge in [-0.3, -0.25) is 0 Å². The quantitative estimate of drug-likeness (QED) is 0.900. The van der Waals surface area contributed by atoms with Crippen molar-refractivity contribution in [3.63, 3.8) is 0 Å².